The van der Waals surface area contributed by atoms with Gasteiger partial charge in [0.2, 0.25) is 0 Å². The van der Waals surface area contributed by atoms with Gasteiger partial charge in [0.25, 0.3) is 0 Å². The first-order chi connectivity index (χ1) is 24.8. The molecule has 4 atom stereocenters. The van der Waals surface area contributed by atoms with Crippen molar-refractivity contribution in [2.75, 3.05) is 44.3 Å². The molecule has 0 saturated carbocycles. The molecule has 4 fully saturated rings. The number of allylic oxidation sites excluding steroid dienone is 2. The summed E-state index contributed by atoms with van der Waals surface area (Å²) in [7, 11) is 0. The molecule has 3 aromatic heterocycles. The molecule has 270 valence electrons. The number of ether oxygens (including phenoxy) is 2. The van der Waals surface area contributed by atoms with Gasteiger partial charge in [-0.3, -0.25) is 9.88 Å². The molecule has 1 N–H and O–H groups in total. The molecule has 2 unspecified atom stereocenters. The van der Waals surface area contributed by atoms with E-state index in [-0.39, 0.29) is 30.1 Å². The Balaban J connectivity index is 1.21. The molecule has 6 aliphatic heterocycles. The van der Waals surface area contributed by atoms with Crippen LogP contribution in [0.5, 0.6) is 6.01 Å². The first kappa shape index (κ1) is 33.1. The lowest BCUT2D eigenvalue weighted by atomic mass is 9.87. The van der Waals surface area contributed by atoms with Gasteiger partial charge in [0.15, 0.2) is 12.0 Å². The average molecular weight is 700 g/mol. The molecule has 6 bridgehead atoms. The second kappa shape index (κ2) is 13.0. The van der Waals surface area contributed by atoms with Gasteiger partial charge in [0.1, 0.15) is 29.8 Å². The zero-order valence-corrected chi connectivity index (χ0v) is 29.4. The SMILES string of the molecule is Cc1cc2c(cnn2C2CCCCO2)c2c1CC/C=C/CCC1(O)CCCN(C1)c1nc(OC[C@@]34CCCN3C[C@H](F)C4)nc3c(F)c-2ncc13. The van der Waals surface area contributed by atoms with E-state index in [2.05, 4.69) is 30.0 Å². The largest absolute Gasteiger partial charge is 0.461 e. The second-order valence-electron chi connectivity index (χ2n) is 15.6. The summed E-state index contributed by atoms with van der Waals surface area (Å²) in [6, 6.07) is 2.21. The van der Waals surface area contributed by atoms with E-state index in [1.165, 1.54) is 0 Å². The molecule has 0 radical (unpaired) electrons. The van der Waals surface area contributed by atoms with E-state index in [9.17, 15) is 9.50 Å². The van der Waals surface area contributed by atoms with Gasteiger partial charge in [-0.15, -0.1) is 0 Å². The standard InChI is InChI=1S/C39H47F2N7O3/c1-25-18-30-28(21-43-48(30)31-11-5-7-17-50-31)32-27(25)10-4-2-3-6-13-39(49)14-9-15-46(23-39)36-29-20-42-35(32)33(41)34(29)44-37(45-36)51-24-38-12-8-16-47(38)22-26(40)19-38/h2-3,18,20-21,26,31,49H,4-17,19,22-24H2,1H3/b3-2+/t26-,31?,38+,39?/m1/s1. The van der Waals surface area contributed by atoms with Gasteiger partial charge in [-0.25, -0.2) is 13.5 Å². The maximum Gasteiger partial charge on any atom is 0.319 e. The van der Waals surface area contributed by atoms with Crippen molar-refractivity contribution in [1.82, 2.24) is 29.6 Å². The quantitative estimate of drug-likeness (QED) is 0.232. The van der Waals surface area contributed by atoms with Gasteiger partial charge >= 0.3 is 6.01 Å². The van der Waals surface area contributed by atoms with Crippen LogP contribution >= 0.6 is 0 Å². The number of aryl methyl sites for hydroxylation is 1. The molecule has 51 heavy (non-hydrogen) atoms. The van der Waals surface area contributed by atoms with Crippen molar-refractivity contribution in [2.24, 2.45) is 0 Å². The Bertz CT molecular complexity index is 2000. The highest BCUT2D eigenvalue weighted by Crippen LogP contribution is 2.43. The normalized spacial score (nSPS) is 29.2. The van der Waals surface area contributed by atoms with E-state index in [0.29, 0.717) is 63.1 Å². The Morgan fingerprint density at radius 3 is 2.80 bits per heavy atom. The molecular weight excluding hydrogens is 652 g/mol. The predicted molar refractivity (Wildman–Crippen MR) is 191 cm³/mol. The second-order valence-corrected chi connectivity index (χ2v) is 15.6. The molecule has 9 heterocycles. The van der Waals surface area contributed by atoms with E-state index in [0.717, 1.165) is 85.5 Å². The summed E-state index contributed by atoms with van der Waals surface area (Å²) in [4.78, 5) is 18.7. The summed E-state index contributed by atoms with van der Waals surface area (Å²) in [6.07, 6.45) is 16.3. The van der Waals surface area contributed by atoms with Crippen LogP contribution < -0.4 is 9.64 Å². The summed E-state index contributed by atoms with van der Waals surface area (Å²) < 4.78 is 46.5. The molecule has 12 heteroatoms. The van der Waals surface area contributed by atoms with E-state index < -0.39 is 23.1 Å². The number of anilines is 1. The van der Waals surface area contributed by atoms with Crippen LogP contribution in [0.4, 0.5) is 14.6 Å². The molecule has 10 rings (SSSR count). The predicted octanol–water partition coefficient (Wildman–Crippen LogP) is 6.76. The van der Waals surface area contributed by atoms with Crippen LogP contribution in [-0.2, 0) is 11.2 Å². The highest BCUT2D eigenvalue weighted by molar-refractivity contribution is 6.00. The van der Waals surface area contributed by atoms with Crippen molar-refractivity contribution < 1.29 is 23.4 Å². The maximum atomic E-state index is 17.4. The zero-order chi connectivity index (χ0) is 34.7. The molecular formula is C39H47F2N7O3. The lowest BCUT2D eigenvalue weighted by Gasteiger charge is -2.40. The van der Waals surface area contributed by atoms with Crippen molar-refractivity contribution in [2.45, 2.75) is 108 Å². The Kier molecular flexibility index (Phi) is 8.47. The maximum absolute atomic E-state index is 17.4. The third kappa shape index (κ3) is 5.87. The topological polar surface area (TPSA) is 102 Å². The van der Waals surface area contributed by atoms with Crippen molar-refractivity contribution in [1.29, 1.82) is 0 Å². The fraction of sp³-hybridized carbons (Fsp3) is 0.590. The van der Waals surface area contributed by atoms with E-state index in [1.54, 1.807) is 6.20 Å². The molecule has 0 amide bonds. The Labute approximate surface area is 296 Å². The number of fused-ring (bicyclic) bond motifs is 7. The van der Waals surface area contributed by atoms with Crippen LogP contribution in [0.25, 0.3) is 33.1 Å². The fourth-order valence-corrected chi connectivity index (χ4v) is 9.56. The number of hydrogen-bond acceptors (Lipinski definition) is 9. The lowest BCUT2D eigenvalue weighted by Crippen LogP contribution is -2.48. The van der Waals surface area contributed by atoms with Crippen LogP contribution in [0.1, 0.15) is 88.0 Å². The van der Waals surface area contributed by atoms with Gasteiger partial charge in [0, 0.05) is 49.8 Å². The smallest absolute Gasteiger partial charge is 0.319 e. The summed E-state index contributed by atoms with van der Waals surface area (Å²) in [5.41, 5.74) is 2.70. The highest BCUT2D eigenvalue weighted by atomic mass is 19.1. The number of rotatable bonds is 4. The fourth-order valence-electron chi connectivity index (χ4n) is 9.56. The first-order valence-corrected chi connectivity index (χ1v) is 18.9. The minimum atomic E-state index is -0.913. The van der Waals surface area contributed by atoms with Gasteiger partial charge in [-0.1, -0.05) is 12.2 Å². The number of halogens is 2. The number of pyridine rings is 1. The van der Waals surface area contributed by atoms with E-state index in [1.807, 2.05) is 15.8 Å². The Morgan fingerprint density at radius 1 is 1.04 bits per heavy atom. The van der Waals surface area contributed by atoms with Crippen LogP contribution in [0.2, 0.25) is 0 Å². The summed E-state index contributed by atoms with van der Waals surface area (Å²) in [6.45, 7) is 5.27. The van der Waals surface area contributed by atoms with Gasteiger partial charge in [-0.2, -0.15) is 15.1 Å². The van der Waals surface area contributed by atoms with E-state index in [4.69, 9.17) is 29.5 Å². The number of benzene rings is 1. The molecule has 1 aromatic carbocycles. The number of hydrogen-bond donors (Lipinski definition) is 1. The van der Waals surface area contributed by atoms with Crippen molar-refractivity contribution in [3.05, 3.63) is 47.6 Å². The average Bonchev–Trinajstić information content (AvgIpc) is 3.81. The number of aliphatic hydroxyl groups is 1. The molecule has 0 spiro atoms. The van der Waals surface area contributed by atoms with Crippen molar-refractivity contribution in [3.8, 4) is 17.3 Å². The van der Waals surface area contributed by atoms with Gasteiger partial charge in [-0.05, 0) is 101 Å². The Hall–Kier alpha value is -3.74. The van der Waals surface area contributed by atoms with Crippen LogP contribution in [-0.4, -0.2) is 91.4 Å². The molecule has 0 aliphatic carbocycles. The van der Waals surface area contributed by atoms with E-state index >= 15 is 4.39 Å². The number of alkyl halides is 1. The lowest BCUT2D eigenvalue weighted by molar-refractivity contribution is -0.0366. The molecule has 6 aliphatic rings. The van der Waals surface area contributed by atoms with Gasteiger partial charge in [0.05, 0.1) is 28.2 Å². The molecule has 4 aromatic rings. The zero-order valence-electron chi connectivity index (χ0n) is 29.4. The first-order valence-electron chi connectivity index (χ1n) is 18.9. The third-order valence-corrected chi connectivity index (χ3v) is 12.1. The summed E-state index contributed by atoms with van der Waals surface area (Å²) in [5.74, 6) is -0.0442. The third-order valence-electron chi connectivity index (χ3n) is 12.1. The summed E-state index contributed by atoms with van der Waals surface area (Å²) in [5, 5.41) is 17.9. The summed E-state index contributed by atoms with van der Waals surface area (Å²) >= 11 is 0. The van der Waals surface area contributed by atoms with Crippen molar-refractivity contribution in [3.63, 3.8) is 0 Å². The number of aromatic nitrogens is 5. The minimum Gasteiger partial charge on any atom is -0.461 e. The minimum absolute atomic E-state index is 0.0622. The number of nitrogens with zero attached hydrogens (tertiary/aromatic N) is 7. The van der Waals surface area contributed by atoms with Crippen LogP contribution in [0, 0.1) is 12.7 Å². The van der Waals surface area contributed by atoms with Crippen LogP contribution in [0.15, 0.2) is 30.6 Å². The molecule has 10 nitrogen and oxygen atoms in total. The monoisotopic (exact) mass is 699 g/mol. The number of piperidine rings is 1. The Morgan fingerprint density at radius 2 is 1.92 bits per heavy atom. The molecule has 4 saturated heterocycles. The van der Waals surface area contributed by atoms with Crippen molar-refractivity contribution >= 4 is 27.6 Å². The highest BCUT2D eigenvalue weighted by Gasteiger charge is 2.49. The van der Waals surface area contributed by atoms with Crippen LogP contribution in [0.3, 0.4) is 0 Å². The van der Waals surface area contributed by atoms with Gasteiger partial charge < -0.3 is 19.5 Å².